The van der Waals surface area contributed by atoms with Crippen LogP contribution in [0.15, 0.2) is 111 Å². The number of benzene rings is 2. The van der Waals surface area contributed by atoms with Crippen molar-refractivity contribution in [3.8, 4) is 0 Å². The van der Waals surface area contributed by atoms with Crippen LogP contribution >= 0.6 is 0 Å². The zero-order chi connectivity index (χ0) is 22.4. The third-order valence-electron chi connectivity index (χ3n) is 6.88. The normalized spacial score (nSPS) is 21.7. The molecule has 0 radical (unpaired) electrons. The summed E-state index contributed by atoms with van der Waals surface area (Å²) in [6.07, 6.45) is 8.15. The minimum absolute atomic E-state index is 0.159. The van der Waals surface area contributed by atoms with E-state index in [-0.39, 0.29) is 36.0 Å². The molecule has 0 N–H and O–H groups in total. The summed E-state index contributed by atoms with van der Waals surface area (Å²) in [6, 6.07) is 22.5. The Morgan fingerprint density at radius 1 is 0.645 bits per heavy atom. The molecule has 2 aromatic carbocycles. The number of rotatable bonds is 10. The van der Waals surface area contributed by atoms with Gasteiger partial charge in [0.1, 0.15) is 0 Å². The molecular weight excluding hydrogens is 376 g/mol. The SMILES string of the molecule is C=CC(C=C)[C@@H]1[C@@H](C(C=C)C=C)N([C@@H](C)c2ccccc2)CN1[C@@H](C)c1ccccc1. The lowest BCUT2D eigenvalue weighted by atomic mass is 9.83. The third kappa shape index (κ3) is 4.66. The first-order valence-electron chi connectivity index (χ1n) is 11.2. The third-order valence-corrected chi connectivity index (χ3v) is 6.88. The average molecular weight is 413 g/mol. The van der Waals surface area contributed by atoms with Crippen molar-refractivity contribution >= 4 is 0 Å². The molecule has 2 aromatic rings. The maximum atomic E-state index is 4.15. The summed E-state index contributed by atoms with van der Waals surface area (Å²) < 4.78 is 0. The fourth-order valence-electron chi connectivity index (χ4n) is 5.02. The van der Waals surface area contributed by atoms with Crippen LogP contribution in [0.1, 0.15) is 37.1 Å². The van der Waals surface area contributed by atoms with E-state index in [9.17, 15) is 0 Å². The molecule has 4 atom stereocenters. The van der Waals surface area contributed by atoms with Crippen molar-refractivity contribution < 1.29 is 0 Å². The molecule has 2 nitrogen and oxygen atoms in total. The molecule has 1 aliphatic heterocycles. The van der Waals surface area contributed by atoms with Gasteiger partial charge in [-0.05, 0) is 25.0 Å². The van der Waals surface area contributed by atoms with Gasteiger partial charge in [-0.25, -0.2) is 0 Å². The molecule has 1 heterocycles. The molecule has 0 saturated carbocycles. The summed E-state index contributed by atoms with van der Waals surface area (Å²) in [7, 11) is 0. The van der Waals surface area contributed by atoms with Crippen molar-refractivity contribution in [1.29, 1.82) is 0 Å². The van der Waals surface area contributed by atoms with Gasteiger partial charge in [-0.3, -0.25) is 9.80 Å². The highest BCUT2D eigenvalue weighted by atomic mass is 15.4. The first-order chi connectivity index (χ1) is 15.1. The Bertz CT molecular complexity index is 783. The van der Waals surface area contributed by atoms with E-state index in [2.05, 4.69) is 111 Å². The van der Waals surface area contributed by atoms with Gasteiger partial charge in [-0.1, -0.05) is 85.0 Å². The molecular formula is C29H36N2. The lowest BCUT2D eigenvalue weighted by Gasteiger charge is -2.38. The molecule has 0 bridgehead atoms. The standard InChI is InChI=1S/C29H36N2/c1-7-24(8-2)28-29(25(9-3)10-4)31(23(6)27-19-15-12-16-20-27)21-30(28)22(5)26-17-13-11-14-18-26/h7-20,22-25,28-29H,1-4,21H2,5-6H3/t22-,23-,28+,29+/m0/s1. The van der Waals surface area contributed by atoms with E-state index in [4.69, 9.17) is 0 Å². The van der Waals surface area contributed by atoms with Gasteiger partial charge in [0.25, 0.3) is 0 Å². The molecule has 0 amide bonds. The maximum Gasteiger partial charge on any atom is 0.0525 e. The smallest absolute Gasteiger partial charge is 0.0525 e. The highest BCUT2D eigenvalue weighted by Gasteiger charge is 2.48. The second-order valence-corrected chi connectivity index (χ2v) is 8.42. The van der Waals surface area contributed by atoms with Crippen molar-refractivity contribution in [3.05, 3.63) is 122 Å². The summed E-state index contributed by atoms with van der Waals surface area (Å²) in [5.74, 6) is 0.318. The topological polar surface area (TPSA) is 6.48 Å². The zero-order valence-electron chi connectivity index (χ0n) is 19.0. The van der Waals surface area contributed by atoms with Crippen molar-refractivity contribution in [2.45, 2.75) is 38.0 Å². The van der Waals surface area contributed by atoms with Gasteiger partial charge in [-0.2, -0.15) is 0 Å². The Labute approximate surface area is 188 Å². The number of hydrogen-bond acceptors (Lipinski definition) is 2. The fourth-order valence-corrected chi connectivity index (χ4v) is 5.02. The summed E-state index contributed by atoms with van der Waals surface area (Å²) in [5.41, 5.74) is 2.64. The molecule has 162 valence electrons. The van der Waals surface area contributed by atoms with Gasteiger partial charge in [0.2, 0.25) is 0 Å². The molecule has 1 aliphatic rings. The lowest BCUT2D eigenvalue weighted by molar-refractivity contribution is 0.143. The summed E-state index contributed by atoms with van der Waals surface area (Å²) in [4.78, 5) is 5.21. The van der Waals surface area contributed by atoms with Crippen LogP contribution in [0.3, 0.4) is 0 Å². The van der Waals surface area contributed by atoms with Crippen LogP contribution < -0.4 is 0 Å². The van der Waals surface area contributed by atoms with E-state index < -0.39 is 0 Å². The fraction of sp³-hybridized carbons (Fsp3) is 0.310. The van der Waals surface area contributed by atoms with Crippen LogP contribution in [0.5, 0.6) is 0 Å². The second kappa shape index (κ2) is 10.6. The van der Waals surface area contributed by atoms with Crippen molar-refractivity contribution in [2.75, 3.05) is 6.67 Å². The van der Waals surface area contributed by atoms with Crippen LogP contribution in [0.2, 0.25) is 0 Å². The van der Waals surface area contributed by atoms with Crippen LogP contribution in [0.4, 0.5) is 0 Å². The molecule has 1 fully saturated rings. The van der Waals surface area contributed by atoms with E-state index in [0.29, 0.717) is 0 Å². The van der Waals surface area contributed by atoms with Crippen LogP contribution in [-0.4, -0.2) is 28.6 Å². The Morgan fingerprint density at radius 3 is 1.26 bits per heavy atom. The minimum Gasteiger partial charge on any atom is -0.278 e. The van der Waals surface area contributed by atoms with Gasteiger partial charge in [-0.15, -0.1) is 26.3 Å². The van der Waals surface area contributed by atoms with Gasteiger partial charge < -0.3 is 0 Å². The summed E-state index contributed by atoms with van der Waals surface area (Å²) >= 11 is 0. The molecule has 31 heavy (non-hydrogen) atoms. The number of hydrogen-bond donors (Lipinski definition) is 0. The molecule has 0 unspecified atom stereocenters. The van der Waals surface area contributed by atoms with Crippen molar-refractivity contribution in [2.24, 2.45) is 11.8 Å². The van der Waals surface area contributed by atoms with E-state index in [0.717, 1.165) is 6.67 Å². The highest BCUT2D eigenvalue weighted by Crippen LogP contribution is 2.42. The Balaban J connectivity index is 2.09. The zero-order valence-corrected chi connectivity index (χ0v) is 19.0. The van der Waals surface area contributed by atoms with E-state index >= 15 is 0 Å². The predicted octanol–water partition coefficient (Wildman–Crippen LogP) is 6.80. The quantitative estimate of drug-likeness (QED) is 0.396. The van der Waals surface area contributed by atoms with Crippen LogP contribution in [0, 0.1) is 11.8 Å². The van der Waals surface area contributed by atoms with Crippen molar-refractivity contribution in [1.82, 2.24) is 9.80 Å². The molecule has 0 aromatic heterocycles. The van der Waals surface area contributed by atoms with Gasteiger partial charge in [0.05, 0.1) is 6.67 Å². The molecule has 3 rings (SSSR count). The first-order valence-corrected chi connectivity index (χ1v) is 11.2. The summed E-state index contributed by atoms with van der Waals surface area (Å²) in [6.45, 7) is 22.1. The summed E-state index contributed by atoms with van der Waals surface area (Å²) in [5, 5.41) is 0. The van der Waals surface area contributed by atoms with Gasteiger partial charge >= 0.3 is 0 Å². The molecule has 1 saturated heterocycles. The maximum absolute atomic E-state index is 4.15. The lowest BCUT2D eigenvalue weighted by Crippen LogP contribution is -2.46. The van der Waals surface area contributed by atoms with E-state index in [1.165, 1.54) is 11.1 Å². The number of nitrogens with zero attached hydrogens (tertiary/aromatic N) is 2. The Morgan fingerprint density at radius 2 is 0.968 bits per heavy atom. The van der Waals surface area contributed by atoms with E-state index in [1.54, 1.807) is 0 Å². The first kappa shape index (κ1) is 23.0. The molecule has 0 spiro atoms. The highest BCUT2D eigenvalue weighted by molar-refractivity contribution is 5.24. The Kier molecular flexibility index (Phi) is 7.84. The van der Waals surface area contributed by atoms with Crippen molar-refractivity contribution in [3.63, 3.8) is 0 Å². The molecule has 2 heteroatoms. The second-order valence-electron chi connectivity index (χ2n) is 8.42. The monoisotopic (exact) mass is 412 g/mol. The minimum atomic E-state index is 0.159. The van der Waals surface area contributed by atoms with Gasteiger partial charge in [0, 0.05) is 36.0 Å². The van der Waals surface area contributed by atoms with Crippen LogP contribution in [-0.2, 0) is 0 Å². The van der Waals surface area contributed by atoms with E-state index in [1.807, 2.05) is 24.3 Å². The van der Waals surface area contributed by atoms with Gasteiger partial charge in [0.15, 0.2) is 0 Å². The Hall–Kier alpha value is -2.68. The predicted molar refractivity (Wildman–Crippen MR) is 134 cm³/mol. The van der Waals surface area contributed by atoms with Crippen LogP contribution in [0.25, 0.3) is 0 Å². The average Bonchev–Trinajstić information content (AvgIpc) is 3.21. The largest absolute Gasteiger partial charge is 0.278 e. The molecule has 0 aliphatic carbocycles.